The van der Waals surface area contributed by atoms with E-state index >= 15 is 0 Å². The normalized spacial score (nSPS) is 11.1. The first-order chi connectivity index (χ1) is 11.0. The molecule has 1 heterocycles. The summed E-state index contributed by atoms with van der Waals surface area (Å²) in [5.74, 6) is 1.44. The first-order valence-electron chi connectivity index (χ1n) is 7.57. The summed E-state index contributed by atoms with van der Waals surface area (Å²) in [6.45, 7) is 4.69. The minimum Gasteiger partial charge on any atom is -0.495 e. The second-order valence-corrected chi connectivity index (χ2v) is 5.69. The van der Waals surface area contributed by atoms with E-state index in [-0.39, 0.29) is 6.61 Å². The molecule has 23 heavy (non-hydrogen) atoms. The summed E-state index contributed by atoms with van der Waals surface area (Å²) in [5.41, 5.74) is 11.8. The first-order valence-corrected chi connectivity index (χ1v) is 7.57. The Labute approximate surface area is 135 Å². The Kier molecular flexibility index (Phi) is 3.96. The SMILES string of the molecule is COc1ccc(-c2nc3cc(C)c(C)cc3n2CCO)cc1N. The average molecular weight is 311 g/mol. The number of aryl methyl sites for hydroxylation is 2. The van der Waals surface area contributed by atoms with Gasteiger partial charge in [-0.05, 0) is 55.3 Å². The van der Waals surface area contributed by atoms with E-state index in [1.54, 1.807) is 7.11 Å². The van der Waals surface area contributed by atoms with Gasteiger partial charge >= 0.3 is 0 Å². The van der Waals surface area contributed by atoms with Crippen molar-refractivity contribution < 1.29 is 9.84 Å². The number of hydrogen-bond donors (Lipinski definition) is 2. The van der Waals surface area contributed by atoms with Gasteiger partial charge in [-0.2, -0.15) is 0 Å². The molecule has 0 atom stereocenters. The molecule has 3 N–H and O–H groups in total. The summed E-state index contributed by atoms with van der Waals surface area (Å²) in [4.78, 5) is 4.76. The monoisotopic (exact) mass is 311 g/mol. The lowest BCUT2D eigenvalue weighted by Crippen LogP contribution is -2.04. The molecule has 3 rings (SSSR count). The summed E-state index contributed by atoms with van der Waals surface area (Å²) in [6.07, 6.45) is 0. The third-order valence-electron chi connectivity index (χ3n) is 4.18. The highest BCUT2D eigenvalue weighted by Gasteiger charge is 2.14. The zero-order valence-electron chi connectivity index (χ0n) is 13.6. The molecule has 0 spiro atoms. The molecule has 1 aromatic heterocycles. The van der Waals surface area contributed by atoms with Crippen molar-refractivity contribution in [2.45, 2.75) is 20.4 Å². The van der Waals surface area contributed by atoms with E-state index in [1.807, 2.05) is 22.8 Å². The third-order valence-corrected chi connectivity index (χ3v) is 4.18. The van der Waals surface area contributed by atoms with Crippen LogP contribution in [0.4, 0.5) is 5.69 Å². The van der Waals surface area contributed by atoms with Gasteiger partial charge in [0, 0.05) is 12.1 Å². The fourth-order valence-corrected chi connectivity index (χ4v) is 2.80. The van der Waals surface area contributed by atoms with Gasteiger partial charge in [-0.1, -0.05) is 0 Å². The Hall–Kier alpha value is -2.53. The van der Waals surface area contributed by atoms with E-state index in [0.29, 0.717) is 18.0 Å². The number of methoxy groups -OCH3 is 1. The van der Waals surface area contributed by atoms with Crippen LogP contribution in [-0.2, 0) is 6.54 Å². The van der Waals surface area contributed by atoms with Gasteiger partial charge in [0.05, 0.1) is 30.4 Å². The van der Waals surface area contributed by atoms with Crippen LogP contribution in [0.3, 0.4) is 0 Å². The number of nitrogens with zero attached hydrogens (tertiary/aromatic N) is 2. The molecule has 0 fully saturated rings. The zero-order valence-corrected chi connectivity index (χ0v) is 13.6. The van der Waals surface area contributed by atoms with Crippen molar-refractivity contribution in [3.05, 3.63) is 41.5 Å². The number of imidazole rings is 1. The Bertz CT molecular complexity index is 868. The van der Waals surface area contributed by atoms with Crippen molar-refractivity contribution in [2.75, 3.05) is 19.5 Å². The van der Waals surface area contributed by atoms with Crippen LogP contribution in [0.5, 0.6) is 5.75 Å². The standard InChI is InChI=1S/C18H21N3O2/c1-11-8-15-16(9-12(11)2)21(6-7-22)18(20-15)13-4-5-17(23-3)14(19)10-13/h4-5,8-10,22H,6-7,19H2,1-3H3. The van der Waals surface area contributed by atoms with E-state index in [1.165, 1.54) is 11.1 Å². The lowest BCUT2D eigenvalue weighted by molar-refractivity contribution is 0.278. The lowest BCUT2D eigenvalue weighted by Gasteiger charge is -2.10. The molecule has 120 valence electrons. The Balaban J connectivity index is 2.23. The molecule has 3 aromatic rings. The summed E-state index contributed by atoms with van der Waals surface area (Å²) in [5, 5.41) is 9.44. The van der Waals surface area contributed by atoms with Gasteiger partial charge in [0.1, 0.15) is 11.6 Å². The number of ether oxygens (including phenoxy) is 1. The van der Waals surface area contributed by atoms with Gasteiger partial charge in [0.25, 0.3) is 0 Å². The fraction of sp³-hybridized carbons (Fsp3) is 0.278. The van der Waals surface area contributed by atoms with Crippen LogP contribution < -0.4 is 10.5 Å². The van der Waals surface area contributed by atoms with Crippen LogP contribution in [0.1, 0.15) is 11.1 Å². The van der Waals surface area contributed by atoms with Gasteiger partial charge in [0.15, 0.2) is 0 Å². The molecular weight excluding hydrogens is 290 g/mol. The van der Waals surface area contributed by atoms with Gasteiger partial charge in [-0.3, -0.25) is 0 Å². The van der Waals surface area contributed by atoms with Gasteiger partial charge < -0.3 is 20.1 Å². The minimum absolute atomic E-state index is 0.0526. The number of hydrogen-bond acceptors (Lipinski definition) is 4. The maximum absolute atomic E-state index is 9.44. The van der Waals surface area contributed by atoms with Crippen LogP contribution in [0, 0.1) is 13.8 Å². The molecule has 0 aliphatic carbocycles. The summed E-state index contributed by atoms with van der Waals surface area (Å²) in [7, 11) is 1.60. The number of fused-ring (bicyclic) bond motifs is 1. The lowest BCUT2D eigenvalue weighted by atomic mass is 10.1. The molecular formula is C18H21N3O2. The molecule has 5 nitrogen and oxygen atoms in total. The Morgan fingerprint density at radius 2 is 1.91 bits per heavy atom. The highest BCUT2D eigenvalue weighted by Crippen LogP contribution is 2.31. The molecule has 0 saturated carbocycles. The molecule has 0 aliphatic heterocycles. The van der Waals surface area contributed by atoms with Gasteiger partial charge in [-0.15, -0.1) is 0 Å². The highest BCUT2D eigenvalue weighted by atomic mass is 16.5. The van der Waals surface area contributed by atoms with E-state index in [2.05, 4.69) is 26.0 Å². The quantitative estimate of drug-likeness (QED) is 0.727. The molecule has 2 aromatic carbocycles. The van der Waals surface area contributed by atoms with Crippen molar-refractivity contribution in [1.82, 2.24) is 9.55 Å². The zero-order chi connectivity index (χ0) is 16.6. The van der Waals surface area contributed by atoms with Crippen LogP contribution in [0.2, 0.25) is 0 Å². The molecule has 5 heteroatoms. The van der Waals surface area contributed by atoms with Crippen molar-refractivity contribution >= 4 is 16.7 Å². The van der Waals surface area contributed by atoms with Crippen molar-refractivity contribution in [2.24, 2.45) is 0 Å². The Morgan fingerprint density at radius 1 is 1.17 bits per heavy atom. The average Bonchev–Trinajstić information content (AvgIpc) is 2.86. The number of benzene rings is 2. The summed E-state index contributed by atoms with van der Waals surface area (Å²) >= 11 is 0. The van der Waals surface area contributed by atoms with E-state index in [0.717, 1.165) is 22.4 Å². The number of nitrogen functional groups attached to an aromatic ring is 1. The number of aliphatic hydroxyl groups excluding tert-OH is 1. The predicted molar refractivity (Wildman–Crippen MR) is 92.7 cm³/mol. The molecule has 0 amide bonds. The maximum Gasteiger partial charge on any atom is 0.141 e. The topological polar surface area (TPSA) is 73.3 Å². The fourth-order valence-electron chi connectivity index (χ4n) is 2.80. The van der Waals surface area contributed by atoms with Crippen LogP contribution in [-0.4, -0.2) is 28.4 Å². The first kappa shape index (κ1) is 15.4. The minimum atomic E-state index is 0.0526. The number of nitrogens with two attached hydrogens (primary N) is 1. The number of anilines is 1. The van der Waals surface area contributed by atoms with Crippen molar-refractivity contribution in [3.8, 4) is 17.1 Å². The van der Waals surface area contributed by atoms with Crippen molar-refractivity contribution in [1.29, 1.82) is 0 Å². The number of rotatable bonds is 4. The van der Waals surface area contributed by atoms with Crippen molar-refractivity contribution in [3.63, 3.8) is 0 Å². The maximum atomic E-state index is 9.44. The second-order valence-electron chi connectivity index (χ2n) is 5.69. The van der Waals surface area contributed by atoms with E-state index in [9.17, 15) is 5.11 Å². The summed E-state index contributed by atoms with van der Waals surface area (Å²) < 4.78 is 7.24. The highest BCUT2D eigenvalue weighted by molar-refractivity contribution is 5.83. The van der Waals surface area contributed by atoms with E-state index < -0.39 is 0 Å². The smallest absolute Gasteiger partial charge is 0.141 e. The second kappa shape index (κ2) is 5.93. The van der Waals surface area contributed by atoms with Crippen LogP contribution >= 0.6 is 0 Å². The predicted octanol–water partition coefficient (Wildman–Crippen LogP) is 2.90. The molecule has 0 unspecified atom stereocenters. The van der Waals surface area contributed by atoms with Crippen LogP contribution in [0.15, 0.2) is 30.3 Å². The molecule has 0 bridgehead atoms. The molecule has 0 radical (unpaired) electrons. The third kappa shape index (κ3) is 2.64. The van der Waals surface area contributed by atoms with Crippen LogP contribution in [0.25, 0.3) is 22.4 Å². The van der Waals surface area contributed by atoms with E-state index in [4.69, 9.17) is 15.5 Å². The largest absolute Gasteiger partial charge is 0.495 e. The summed E-state index contributed by atoms with van der Waals surface area (Å²) in [6, 6.07) is 9.82. The number of aromatic nitrogens is 2. The van der Waals surface area contributed by atoms with Gasteiger partial charge in [-0.25, -0.2) is 4.98 Å². The Morgan fingerprint density at radius 3 is 2.57 bits per heavy atom. The molecule has 0 aliphatic rings. The number of aliphatic hydroxyl groups is 1. The van der Waals surface area contributed by atoms with Gasteiger partial charge in [0.2, 0.25) is 0 Å². The molecule has 0 saturated heterocycles.